The van der Waals surface area contributed by atoms with E-state index in [-0.39, 0.29) is 24.1 Å². The Hall–Kier alpha value is -2.28. The first-order chi connectivity index (χ1) is 8.56. The molecule has 0 bridgehead atoms. The fourth-order valence-electron chi connectivity index (χ4n) is 1.36. The molecule has 0 fully saturated rings. The van der Waals surface area contributed by atoms with Crippen molar-refractivity contribution in [3.8, 4) is 11.4 Å². The minimum atomic E-state index is -0.528. The van der Waals surface area contributed by atoms with Crippen LogP contribution in [0.5, 0.6) is 0 Å². The molecule has 2 aromatic rings. The van der Waals surface area contributed by atoms with E-state index in [1.54, 1.807) is 0 Å². The molecule has 0 aromatic carbocycles. The number of rotatable bonds is 2. The van der Waals surface area contributed by atoms with E-state index in [9.17, 15) is 9.18 Å². The lowest BCUT2D eigenvalue weighted by molar-refractivity contribution is -0.114. The van der Waals surface area contributed by atoms with Crippen molar-refractivity contribution in [3.05, 3.63) is 30.5 Å². The summed E-state index contributed by atoms with van der Waals surface area (Å²) in [5.41, 5.74) is 6.63. The molecule has 8 heteroatoms. The Balaban J connectivity index is 0.00000180. The van der Waals surface area contributed by atoms with Crippen molar-refractivity contribution < 1.29 is 9.18 Å². The summed E-state index contributed by atoms with van der Waals surface area (Å²) in [6.45, 7) is 1.37. The number of amides is 1. The normalized spacial score (nSPS) is 9.58. The number of anilines is 2. The fourth-order valence-corrected chi connectivity index (χ4v) is 1.36. The first-order valence-corrected chi connectivity index (χ1v) is 5.07. The molecule has 2 heterocycles. The van der Waals surface area contributed by atoms with Gasteiger partial charge in [0.05, 0.1) is 18.0 Å². The maximum Gasteiger partial charge on any atom is 0.222 e. The van der Waals surface area contributed by atoms with Crippen molar-refractivity contribution in [3.63, 3.8) is 0 Å². The highest BCUT2D eigenvalue weighted by Gasteiger charge is 2.08. The highest BCUT2D eigenvalue weighted by atomic mass is 35.5. The van der Waals surface area contributed by atoms with Gasteiger partial charge < -0.3 is 11.1 Å². The predicted molar refractivity (Wildman–Crippen MR) is 71.2 cm³/mol. The van der Waals surface area contributed by atoms with E-state index in [0.717, 1.165) is 12.4 Å². The third-order valence-electron chi connectivity index (χ3n) is 2.10. The molecule has 0 aliphatic rings. The predicted octanol–water partition coefficient (Wildman–Crippen LogP) is 1.64. The largest absolute Gasteiger partial charge is 0.398 e. The third-order valence-corrected chi connectivity index (χ3v) is 2.10. The minimum Gasteiger partial charge on any atom is -0.398 e. The molecule has 1 amide bonds. The molecule has 0 unspecified atom stereocenters. The van der Waals surface area contributed by atoms with Crippen LogP contribution < -0.4 is 11.1 Å². The van der Waals surface area contributed by atoms with E-state index in [2.05, 4.69) is 20.3 Å². The molecule has 0 spiro atoms. The van der Waals surface area contributed by atoms with Gasteiger partial charge >= 0.3 is 0 Å². The molecule has 0 aliphatic carbocycles. The molecule has 0 aliphatic heterocycles. The zero-order valence-electron chi connectivity index (χ0n) is 9.92. The minimum absolute atomic E-state index is 0. The number of halogens is 2. The average molecular weight is 284 g/mol. The molecule has 2 aromatic heterocycles. The van der Waals surface area contributed by atoms with Gasteiger partial charge in [0.1, 0.15) is 5.82 Å². The molecule has 100 valence electrons. The van der Waals surface area contributed by atoms with Crippen LogP contribution in [0.4, 0.5) is 15.9 Å². The van der Waals surface area contributed by atoms with Crippen molar-refractivity contribution in [2.45, 2.75) is 6.92 Å². The maximum atomic E-state index is 12.7. The highest BCUT2D eigenvalue weighted by Crippen LogP contribution is 2.23. The van der Waals surface area contributed by atoms with Gasteiger partial charge in [-0.25, -0.2) is 19.3 Å². The lowest BCUT2D eigenvalue weighted by Crippen LogP contribution is -2.08. The van der Waals surface area contributed by atoms with Gasteiger partial charge in [-0.15, -0.1) is 12.4 Å². The van der Waals surface area contributed by atoms with Gasteiger partial charge in [-0.1, -0.05) is 0 Å². The lowest BCUT2D eigenvalue weighted by atomic mass is 10.2. The second-order valence-electron chi connectivity index (χ2n) is 3.56. The zero-order valence-corrected chi connectivity index (χ0v) is 10.7. The van der Waals surface area contributed by atoms with Gasteiger partial charge in [-0.2, -0.15) is 0 Å². The number of nitrogen functional groups attached to an aromatic ring is 1. The van der Waals surface area contributed by atoms with Crippen molar-refractivity contribution in [1.82, 2.24) is 15.0 Å². The summed E-state index contributed by atoms with van der Waals surface area (Å²) in [7, 11) is 0. The van der Waals surface area contributed by atoms with E-state index >= 15 is 0 Å². The topological polar surface area (TPSA) is 93.8 Å². The van der Waals surface area contributed by atoms with Crippen molar-refractivity contribution in [2.24, 2.45) is 0 Å². The first-order valence-electron chi connectivity index (χ1n) is 5.07. The number of hydrogen-bond acceptors (Lipinski definition) is 5. The fraction of sp³-hybridized carbons (Fsp3) is 0.0909. The first kappa shape index (κ1) is 14.8. The zero-order chi connectivity index (χ0) is 13.1. The Morgan fingerprint density at radius 3 is 2.42 bits per heavy atom. The maximum absolute atomic E-state index is 12.7. The molecule has 0 saturated carbocycles. The lowest BCUT2D eigenvalue weighted by Gasteiger charge is -2.06. The van der Waals surface area contributed by atoms with Crippen LogP contribution in [0, 0.1) is 5.82 Å². The van der Waals surface area contributed by atoms with Gasteiger partial charge in [0.2, 0.25) is 5.91 Å². The summed E-state index contributed by atoms with van der Waals surface area (Å²) in [5.74, 6) is -0.158. The van der Waals surface area contributed by atoms with E-state index in [0.29, 0.717) is 17.1 Å². The standard InChI is InChI=1S/C11H10FN5O.ClH/c1-6(18)17-10-2-9(13)8(5-14-10)11-15-3-7(12)4-16-11;/h2-5H,1H3,(H3,13,14,17,18);1H. The molecule has 0 radical (unpaired) electrons. The SMILES string of the molecule is CC(=O)Nc1cc(N)c(-c2ncc(F)cn2)cn1.Cl. The van der Waals surface area contributed by atoms with Crippen LogP contribution >= 0.6 is 12.4 Å². The van der Waals surface area contributed by atoms with Gasteiger partial charge in [-0.05, 0) is 0 Å². The molecule has 6 nitrogen and oxygen atoms in total. The average Bonchev–Trinajstić information content (AvgIpc) is 2.30. The van der Waals surface area contributed by atoms with Gasteiger partial charge in [0.15, 0.2) is 11.6 Å². The van der Waals surface area contributed by atoms with Crippen molar-refractivity contribution in [2.75, 3.05) is 11.1 Å². The summed E-state index contributed by atoms with van der Waals surface area (Å²) in [4.78, 5) is 22.5. The van der Waals surface area contributed by atoms with Crippen LogP contribution in [0.15, 0.2) is 24.7 Å². The Morgan fingerprint density at radius 1 is 1.26 bits per heavy atom. The monoisotopic (exact) mass is 283 g/mol. The number of pyridine rings is 1. The number of carbonyl (C=O) groups is 1. The van der Waals surface area contributed by atoms with Gasteiger partial charge in [0, 0.05) is 24.9 Å². The molecule has 0 saturated heterocycles. The number of nitrogens with one attached hydrogen (secondary N) is 1. The van der Waals surface area contributed by atoms with Crippen LogP contribution in [0.3, 0.4) is 0 Å². The number of nitrogens with two attached hydrogens (primary N) is 1. The Kier molecular flexibility index (Phi) is 4.71. The highest BCUT2D eigenvalue weighted by molar-refractivity contribution is 5.88. The summed E-state index contributed by atoms with van der Waals surface area (Å²) in [5, 5.41) is 2.50. The molecule has 19 heavy (non-hydrogen) atoms. The van der Waals surface area contributed by atoms with Crippen LogP contribution in [0.25, 0.3) is 11.4 Å². The number of aromatic nitrogens is 3. The van der Waals surface area contributed by atoms with E-state index in [1.807, 2.05) is 0 Å². The van der Waals surface area contributed by atoms with E-state index < -0.39 is 5.82 Å². The molecule has 2 rings (SSSR count). The Bertz CT molecular complexity index is 590. The van der Waals surface area contributed by atoms with Gasteiger partial charge in [0.25, 0.3) is 0 Å². The smallest absolute Gasteiger partial charge is 0.222 e. The second kappa shape index (κ2) is 6.05. The van der Waals surface area contributed by atoms with Gasteiger partial charge in [-0.3, -0.25) is 4.79 Å². The summed E-state index contributed by atoms with van der Waals surface area (Å²) >= 11 is 0. The number of nitrogens with zero attached hydrogens (tertiary/aromatic N) is 3. The summed E-state index contributed by atoms with van der Waals surface area (Å²) < 4.78 is 12.7. The van der Waals surface area contributed by atoms with Crippen molar-refractivity contribution in [1.29, 1.82) is 0 Å². The van der Waals surface area contributed by atoms with Crippen molar-refractivity contribution >= 4 is 29.8 Å². The second-order valence-corrected chi connectivity index (χ2v) is 3.56. The quantitative estimate of drug-likeness (QED) is 0.874. The van der Waals surface area contributed by atoms with Crippen LogP contribution in [-0.4, -0.2) is 20.9 Å². The Morgan fingerprint density at radius 2 is 1.89 bits per heavy atom. The summed E-state index contributed by atoms with van der Waals surface area (Å²) in [6.07, 6.45) is 3.51. The molecule has 0 atom stereocenters. The Labute approximate surface area is 114 Å². The number of carbonyl (C=O) groups excluding carboxylic acids is 1. The molecular weight excluding hydrogens is 273 g/mol. The summed E-state index contributed by atoms with van der Waals surface area (Å²) in [6, 6.07) is 1.49. The third kappa shape index (κ3) is 3.59. The van der Waals surface area contributed by atoms with Crippen LogP contribution in [-0.2, 0) is 4.79 Å². The van der Waals surface area contributed by atoms with E-state index in [4.69, 9.17) is 5.73 Å². The van der Waals surface area contributed by atoms with Crippen LogP contribution in [0.1, 0.15) is 6.92 Å². The van der Waals surface area contributed by atoms with E-state index in [1.165, 1.54) is 19.2 Å². The molecular formula is C11H11ClFN5O. The number of hydrogen-bond donors (Lipinski definition) is 2. The molecule has 3 N–H and O–H groups in total. The van der Waals surface area contributed by atoms with Crippen LogP contribution in [0.2, 0.25) is 0 Å².